The minimum absolute atomic E-state index is 0.174. The number of hydrogen-bond donors (Lipinski definition) is 0. The van der Waals surface area contributed by atoms with Gasteiger partial charge in [-0.1, -0.05) is 42.5 Å². The summed E-state index contributed by atoms with van der Waals surface area (Å²) in [6, 6.07) is 17.5. The van der Waals surface area contributed by atoms with Gasteiger partial charge in [-0.25, -0.2) is 9.67 Å². The van der Waals surface area contributed by atoms with E-state index in [0.717, 1.165) is 27.9 Å². The zero-order chi connectivity index (χ0) is 25.1. The van der Waals surface area contributed by atoms with Crippen LogP contribution < -0.4 is 19.1 Å². The topological polar surface area (TPSA) is 78.7 Å². The van der Waals surface area contributed by atoms with E-state index in [4.69, 9.17) is 14.2 Å². The lowest BCUT2D eigenvalue weighted by Crippen LogP contribution is -2.35. The van der Waals surface area contributed by atoms with Crippen molar-refractivity contribution < 1.29 is 19.0 Å². The lowest BCUT2D eigenvalue weighted by atomic mass is 10.2. The van der Waals surface area contributed by atoms with Crippen LogP contribution in [-0.4, -0.2) is 47.0 Å². The molecule has 2 aromatic carbocycles. The zero-order valence-electron chi connectivity index (χ0n) is 20.6. The van der Waals surface area contributed by atoms with Gasteiger partial charge in [-0.3, -0.25) is 4.79 Å². The van der Waals surface area contributed by atoms with E-state index in [9.17, 15) is 4.79 Å². The van der Waals surface area contributed by atoms with E-state index in [1.54, 1.807) is 9.58 Å². The van der Waals surface area contributed by atoms with Gasteiger partial charge in [0.15, 0.2) is 23.8 Å². The maximum atomic E-state index is 13.5. The summed E-state index contributed by atoms with van der Waals surface area (Å²) in [5, 5.41) is 5.28. The summed E-state index contributed by atoms with van der Waals surface area (Å²) in [7, 11) is 1.82. The molecule has 0 saturated heterocycles. The van der Waals surface area contributed by atoms with Gasteiger partial charge in [-0.05, 0) is 43.2 Å². The number of carbonyl (C=O) groups excluding carboxylic acids is 1. The number of hydrogen-bond acceptors (Lipinski definition) is 6. The van der Waals surface area contributed by atoms with Crippen molar-refractivity contribution in [2.75, 3.05) is 31.3 Å². The first-order valence-electron chi connectivity index (χ1n) is 11.8. The average Bonchev–Trinajstić information content (AvgIpc) is 3.21. The Kier molecular flexibility index (Phi) is 6.58. The van der Waals surface area contributed by atoms with Crippen molar-refractivity contribution in [3.8, 4) is 17.4 Å². The molecular formula is C28H28N4O4. The Labute approximate surface area is 209 Å². The molecule has 1 aliphatic heterocycles. The summed E-state index contributed by atoms with van der Waals surface area (Å²) >= 11 is 0. The molecule has 8 heteroatoms. The molecule has 8 nitrogen and oxygen atoms in total. The van der Waals surface area contributed by atoms with E-state index in [2.05, 4.69) is 10.1 Å². The van der Waals surface area contributed by atoms with Crippen LogP contribution in [0.15, 0.2) is 60.7 Å². The first-order chi connectivity index (χ1) is 17.5. The van der Waals surface area contributed by atoms with Crippen molar-refractivity contribution in [1.82, 2.24) is 14.8 Å². The number of ether oxygens (including phenoxy) is 3. The first-order valence-corrected chi connectivity index (χ1v) is 11.8. The molecule has 184 valence electrons. The lowest BCUT2D eigenvalue weighted by Gasteiger charge is -2.24. The van der Waals surface area contributed by atoms with Crippen LogP contribution in [0.3, 0.4) is 0 Å². The van der Waals surface area contributed by atoms with Crippen molar-refractivity contribution in [1.29, 1.82) is 0 Å². The Morgan fingerprint density at radius 1 is 1.08 bits per heavy atom. The molecule has 36 heavy (non-hydrogen) atoms. The number of amides is 1. The molecule has 0 N–H and O–H groups in total. The van der Waals surface area contributed by atoms with Crippen molar-refractivity contribution in [3.05, 3.63) is 77.5 Å². The molecule has 5 rings (SSSR count). The van der Waals surface area contributed by atoms with Gasteiger partial charge < -0.3 is 19.1 Å². The highest BCUT2D eigenvalue weighted by Crippen LogP contribution is 2.34. The zero-order valence-corrected chi connectivity index (χ0v) is 20.6. The van der Waals surface area contributed by atoms with Crippen molar-refractivity contribution in [2.45, 2.75) is 13.8 Å². The van der Waals surface area contributed by atoms with Crippen LogP contribution >= 0.6 is 0 Å². The third-order valence-corrected chi connectivity index (χ3v) is 5.96. The number of aromatic nitrogens is 3. The molecule has 3 heterocycles. The van der Waals surface area contributed by atoms with E-state index >= 15 is 0 Å². The minimum Gasteiger partial charge on any atom is -0.486 e. The first kappa shape index (κ1) is 23.4. The van der Waals surface area contributed by atoms with Crippen LogP contribution in [0.4, 0.5) is 5.69 Å². The highest BCUT2D eigenvalue weighted by Gasteiger charge is 2.21. The summed E-state index contributed by atoms with van der Waals surface area (Å²) in [4.78, 5) is 19.7. The maximum absolute atomic E-state index is 13.5. The van der Waals surface area contributed by atoms with E-state index < -0.39 is 0 Å². The number of fused-ring (bicyclic) bond motifs is 2. The molecule has 1 aliphatic rings. The second-order valence-corrected chi connectivity index (χ2v) is 8.64. The summed E-state index contributed by atoms with van der Waals surface area (Å²) in [5.41, 5.74) is 4.39. The van der Waals surface area contributed by atoms with Crippen LogP contribution in [0.2, 0.25) is 0 Å². The van der Waals surface area contributed by atoms with E-state index in [1.807, 2.05) is 87.6 Å². The fraction of sp³-hybridized carbons (Fsp3) is 0.250. The van der Waals surface area contributed by atoms with Crippen LogP contribution in [-0.2, 0) is 11.8 Å². The third-order valence-electron chi connectivity index (χ3n) is 5.96. The molecule has 0 spiro atoms. The summed E-state index contributed by atoms with van der Waals surface area (Å²) in [6.07, 6.45) is 3.94. The predicted molar refractivity (Wildman–Crippen MR) is 139 cm³/mol. The third kappa shape index (κ3) is 4.88. The molecule has 0 aliphatic carbocycles. The fourth-order valence-corrected chi connectivity index (χ4v) is 4.27. The van der Waals surface area contributed by atoms with E-state index in [1.165, 1.54) is 0 Å². The lowest BCUT2D eigenvalue weighted by molar-refractivity contribution is -0.120. The second-order valence-electron chi connectivity index (χ2n) is 8.64. The van der Waals surface area contributed by atoms with Crippen molar-refractivity contribution in [2.24, 2.45) is 7.05 Å². The SMILES string of the molecule is Cc1cc(C)c2c(OCC(=O)N(C/C=C/c3ccccc3)c3ccc4c(c3)OCCO4)nn(C)c2n1. The normalized spacial score (nSPS) is 12.8. The number of pyridine rings is 1. The van der Waals surface area contributed by atoms with Gasteiger partial charge in [0.2, 0.25) is 5.88 Å². The van der Waals surface area contributed by atoms with E-state index in [0.29, 0.717) is 42.8 Å². The van der Waals surface area contributed by atoms with Gasteiger partial charge in [0.05, 0.1) is 5.39 Å². The molecule has 0 radical (unpaired) electrons. The minimum atomic E-state index is -0.207. The summed E-state index contributed by atoms with van der Waals surface area (Å²) in [5.74, 6) is 1.48. The van der Waals surface area contributed by atoms with Gasteiger partial charge in [0.25, 0.3) is 5.91 Å². The van der Waals surface area contributed by atoms with Crippen LogP contribution in [0.5, 0.6) is 17.4 Å². The van der Waals surface area contributed by atoms with Gasteiger partial charge in [0.1, 0.15) is 13.2 Å². The number of nitrogens with zero attached hydrogens (tertiary/aromatic N) is 4. The maximum Gasteiger partial charge on any atom is 0.265 e. The molecule has 0 bridgehead atoms. The van der Waals surface area contributed by atoms with Gasteiger partial charge in [-0.15, -0.1) is 5.10 Å². The Morgan fingerprint density at radius 3 is 2.67 bits per heavy atom. The molecule has 0 fully saturated rings. The van der Waals surface area contributed by atoms with Crippen LogP contribution in [0, 0.1) is 13.8 Å². The summed E-state index contributed by atoms with van der Waals surface area (Å²) in [6.45, 7) is 5.10. The van der Waals surface area contributed by atoms with Gasteiger partial charge >= 0.3 is 0 Å². The standard InChI is InChI=1S/C28H28N4O4/c1-19-16-20(2)29-27-26(19)28(30-31(27)3)36-18-25(33)32(13-7-10-21-8-5-4-6-9-21)22-11-12-23-24(17-22)35-15-14-34-23/h4-12,16-17H,13-15,18H2,1-3H3/b10-7+. The monoisotopic (exact) mass is 484 g/mol. The largest absolute Gasteiger partial charge is 0.486 e. The predicted octanol–water partition coefficient (Wildman–Crippen LogP) is 4.48. The van der Waals surface area contributed by atoms with Gasteiger partial charge in [-0.2, -0.15) is 0 Å². The van der Waals surface area contributed by atoms with Crippen molar-refractivity contribution >= 4 is 28.7 Å². The fourth-order valence-electron chi connectivity index (χ4n) is 4.27. The second kappa shape index (κ2) is 10.1. The molecule has 0 atom stereocenters. The van der Waals surface area contributed by atoms with Crippen LogP contribution in [0.25, 0.3) is 17.1 Å². The Morgan fingerprint density at radius 2 is 1.86 bits per heavy atom. The number of aryl methyl sites for hydroxylation is 3. The molecule has 0 saturated carbocycles. The molecule has 4 aromatic rings. The highest BCUT2D eigenvalue weighted by atomic mass is 16.6. The number of benzene rings is 2. The Bertz CT molecular complexity index is 1430. The highest BCUT2D eigenvalue weighted by molar-refractivity contribution is 5.95. The van der Waals surface area contributed by atoms with Crippen LogP contribution in [0.1, 0.15) is 16.8 Å². The number of carbonyl (C=O) groups is 1. The molecule has 0 unspecified atom stereocenters. The molecule has 1 amide bonds. The number of rotatable bonds is 7. The molecular weight excluding hydrogens is 456 g/mol. The quantitative estimate of drug-likeness (QED) is 0.385. The van der Waals surface area contributed by atoms with Crippen molar-refractivity contribution in [3.63, 3.8) is 0 Å². The summed E-state index contributed by atoms with van der Waals surface area (Å²) < 4.78 is 19.0. The smallest absolute Gasteiger partial charge is 0.265 e. The molecule has 2 aromatic heterocycles. The average molecular weight is 485 g/mol. The Hall–Kier alpha value is -4.33. The number of anilines is 1. The van der Waals surface area contributed by atoms with Gasteiger partial charge in [0, 0.05) is 31.0 Å². The van der Waals surface area contributed by atoms with E-state index in [-0.39, 0.29) is 12.5 Å². The Balaban J connectivity index is 1.39.